The SMILES string of the molecule is CCC1(CNCc2c(Cl)c(C)nn2C)CCCC1. The highest BCUT2D eigenvalue weighted by Crippen LogP contribution is 2.40. The van der Waals surface area contributed by atoms with Crippen molar-refractivity contribution in [1.82, 2.24) is 15.1 Å². The average molecular weight is 270 g/mol. The van der Waals surface area contributed by atoms with E-state index in [4.69, 9.17) is 11.6 Å². The predicted octanol–water partition coefficient (Wildman–Crippen LogP) is 3.44. The van der Waals surface area contributed by atoms with Crippen LogP contribution < -0.4 is 5.32 Å². The number of hydrogen-bond acceptors (Lipinski definition) is 2. The highest BCUT2D eigenvalue weighted by molar-refractivity contribution is 6.31. The Kier molecular flexibility index (Phi) is 4.33. The normalized spacial score (nSPS) is 18.4. The fraction of sp³-hybridized carbons (Fsp3) is 0.786. The van der Waals surface area contributed by atoms with Gasteiger partial charge in [-0.2, -0.15) is 5.10 Å². The third-order valence-corrected chi connectivity index (χ3v) is 4.96. The summed E-state index contributed by atoms with van der Waals surface area (Å²) < 4.78 is 1.89. The fourth-order valence-electron chi connectivity index (χ4n) is 3.10. The van der Waals surface area contributed by atoms with E-state index in [0.717, 1.165) is 29.5 Å². The molecule has 2 rings (SSSR count). The fourth-order valence-corrected chi connectivity index (χ4v) is 3.33. The van der Waals surface area contributed by atoms with Gasteiger partial charge in [0.2, 0.25) is 0 Å². The van der Waals surface area contributed by atoms with E-state index in [9.17, 15) is 0 Å². The van der Waals surface area contributed by atoms with Crippen LogP contribution in [0.3, 0.4) is 0 Å². The molecule has 4 heteroatoms. The quantitative estimate of drug-likeness (QED) is 0.887. The summed E-state index contributed by atoms with van der Waals surface area (Å²) in [7, 11) is 1.96. The lowest BCUT2D eigenvalue weighted by Crippen LogP contribution is -2.31. The van der Waals surface area contributed by atoms with Crippen molar-refractivity contribution in [2.75, 3.05) is 6.54 Å². The molecule has 1 aromatic heterocycles. The molecule has 1 fully saturated rings. The van der Waals surface area contributed by atoms with E-state index in [1.807, 2.05) is 18.7 Å². The Bertz CT molecular complexity index is 405. The van der Waals surface area contributed by atoms with Crippen LogP contribution in [-0.2, 0) is 13.6 Å². The topological polar surface area (TPSA) is 29.9 Å². The second-order valence-corrected chi connectivity index (χ2v) is 6.01. The molecule has 0 amide bonds. The van der Waals surface area contributed by atoms with Gasteiger partial charge in [-0.1, -0.05) is 31.4 Å². The van der Waals surface area contributed by atoms with Crippen molar-refractivity contribution in [3.05, 3.63) is 16.4 Å². The Morgan fingerprint density at radius 3 is 2.56 bits per heavy atom. The average Bonchev–Trinajstić information content (AvgIpc) is 2.91. The van der Waals surface area contributed by atoms with Crippen molar-refractivity contribution in [2.24, 2.45) is 12.5 Å². The number of rotatable bonds is 5. The van der Waals surface area contributed by atoms with Gasteiger partial charge in [0.05, 0.1) is 16.4 Å². The minimum Gasteiger partial charge on any atom is -0.311 e. The summed E-state index contributed by atoms with van der Waals surface area (Å²) in [6, 6.07) is 0. The summed E-state index contributed by atoms with van der Waals surface area (Å²) in [5, 5.41) is 8.74. The molecule has 0 saturated heterocycles. The largest absolute Gasteiger partial charge is 0.311 e. The Hall–Kier alpha value is -0.540. The van der Waals surface area contributed by atoms with Crippen LogP contribution in [0.5, 0.6) is 0 Å². The minimum atomic E-state index is 0.528. The summed E-state index contributed by atoms with van der Waals surface area (Å²) in [6.45, 7) is 6.19. The molecule has 1 aromatic rings. The molecule has 1 saturated carbocycles. The van der Waals surface area contributed by atoms with Gasteiger partial charge in [-0.25, -0.2) is 0 Å². The molecule has 0 spiro atoms. The zero-order chi connectivity index (χ0) is 13.2. The lowest BCUT2D eigenvalue weighted by atomic mass is 9.83. The Morgan fingerprint density at radius 2 is 2.06 bits per heavy atom. The van der Waals surface area contributed by atoms with Crippen molar-refractivity contribution in [2.45, 2.75) is 52.5 Å². The molecule has 0 radical (unpaired) electrons. The minimum absolute atomic E-state index is 0.528. The van der Waals surface area contributed by atoms with Gasteiger partial charge in [-0.3, -0.25) is 4.68 Å². The molecular weight excluding hydrogens is 246 g/mol. The molecule has 1 aliphatic carbocycles. The zero-order valence-corrected chi connectivity index (χ0v) is 12.5. The van der Waals surface area contributed by atoms with E-state index >= 15 is 0 Å². The summed E-state index contributed by atoms with van der Waals surface area (Å²) >= 11 is 6.25. The van der Waals surface area contributed by atoms with Gasteiger partial charge in [-0.05, 0) is 31.6 Å². The molecular formula is C14H24ClN3. The van der Waals surface area contributed by atoms with Gasteiger partial charge in [0.25, 0.3) is 0 Å². The molecule has 0 atom stereocenters. The third kappa shape index (κ3) is 2.72. The van der Waals surface area contributed by atoms with E-state index < -0.39 is 0 Å². The van der Waals surface area contributed by atoms with Gasteiger partial charge in [0, 0.05) is 20.1 Å². The standard InChI is InChI=1S/C14H24ClN3/c1-4-14(7-5-6-8-14)10-16-9-12-13(15)11(2)17-18(12)3/h16H,4-10H2,1-3H3. The first-order chi connectivity index (χ1) is 8.58. The first kappa shape index (κ1) is 13.9. The van der Waals surface area contributed by atoms with Gasteiger partial charge < -0.3 is 5.32 Å². The molecule has 0 aliphatic heterocycles. The van der Waals surface area contributed by atoms with E-state index in [0.29, 0.717) is 5.41 Å². The molecule has 18 heavy (non-hydrogen) atoms. The summed E-state index contributed by atoms with van der Waals surface area (Å²) in [5.74, 6) is 0. The van der Waals surface area contributed by atoms with Crippen LogP contribution in [0.15, 0.2) is 0 Å². The number of nitrogens with one attached hydrogen (secondary N) is 1. The summed E-state index contributed by atoms with van der Waals surface area (Å²) in [6.07, 6.45) is 6.80. The molecule has 1 aliphatic rings. The predicted molar refractivity (Wildman–Crippen MR) is 75.9 cm³/mol. The van der Waals surface area contributed by atoms with Crippen LogP contribution in [0.1, 0.15) is 50.4 Å². The van der Waals surface area contributed by atoms with Crippen molar-refractivity contribution in [3.63, 3.8) is 0 Å². The first-order valence-electron chi connectivity index (χ1n) is 6.97. The van der Waals surface area contributed by atoms with Crippen LogP contribution >= 0.6 is 11.6 Å². The second kappa shape index (κ2) is 5.62. The molecule has 102 valence electrons. The van der Waals surface area contributed by atoms with Crippen LogP contribution in [0.25, 0.3) is 0 Å². The van der Waals surface area contributed by atoms with Crippen LogP contribution in [0, 0.1) is 12.3 Å². The monoisotopic (exact) mass is 269 g/mol. The zero-order valence-electron chi connectivity index (χ0n) is 11.7. The Labute approximate surface area is 115 Å². The van der Waals surface area contributed by atoms with Crippen LogP contribution in [-0.4, -0.2) is 16.3 Å². The number of aryl methyl sites for hydroxylation is 2. The van der Waals surface area contributed by atoms with Crippen LogP contribution in [0.2, 0.25) is 5.02 Å². The van der Waals surface area contributed by atoms with E-state index in [1.165, 1.54) is 32.1 Å². The van der Waals surface area contributed by atoms with E-state index in [1.54, 1.807) is 0 Å². The molecule has 0 bridgehead atoms. The molecule has 0 aromatic carbocycles. The van der Waals surface area contributed by atoms with Crippen molar-refractivity contribution in [1.29, 1.82) is 0 Å². The molecule has 1 heterocycles. The van der Waals surface area contributed by atoms with Gasteiger partial charge in [-0.15, -0.1) is 0 Å². The summed E-state index contributed by atoms with van der Waals surface area (Å²) in [5.41, 5.74) is 2.54. The maximum Gasteiger partial charge on any atom is 0.0860 e. The maximum atomic E-state index is 6.25. The third-order valence-electron chi connectivity index (χ3n) is 4.47. The number of nitrogens with zero attached hydrogens (tertiary/aromatic N) is 2. The lowest BCUT2D eigenvalue weighted by Gasteiger charge is -2.27. The number of halogens is 1. The van der Waals surface area contributed by atoms with Crippen molar-refractivity contribution >= 4 is 11.6 Å². The molecule has 3 nitrogen and oxygen atoms in total. The maximum absolute atomic E-state index is 6.25. The van der Waals surface area contributed by atoms with E-state index in [2.05, 4.69) is 17.3 Å². The highest BCUT2D eigenvalue weighted by Gasteiger charge is 2.31. The lowest BCUT2D eigenvalue weighted by molar-refractivity contribution is 0.267. The second-order valence-electron chi connectivity index (χ2n) is 5.63. The van der Waals surface area contributed by atoms with Gasteiger partial charge in [0.15, 0.2) is 0 Å². The Balaban J connectivity index is 1.92. The number of aromatic nitrogens is 2. The Morgan fingerprint density at radius 1 is 1.39 bits per heavy atom. The summed E-state index contributed by atoms with van der Waals surface area (Å²) in [4.78, 5) is 0. The van der Waals surface area contributed by atoms with Gasteiger partial charge in [0.1, 0.15) is 0 Å². The molecule has 0 unspecified atom stereocenters. The van der Waals surface area contributed by atoms with Crippen LogP contribution in [0.4, 0.5) is 0 Å². The van der Waals surface area contributed by atoms with Crippen molar-refractivity contribution < 1.29 is 0 Å². The first-order valence-corrected chi connectivity index (χ1v) is 7.34. The van der Waals surface area contributed by atoms with Gasteiger partial charge >= 0.3 is 0 Å². The van der Waals surface area contributed by atoms with E-state index in [-0.39, 0.29) is 0 Å². The smallest absolute Gasteiger partial charge is 0.0860 e. The number of hydrogen-bond donors (Lipinski definition) is 1. The molecule has 1 N–H and O–H groups in total. The van der Waals surface area contributed by atoms with Crippen molar-refractivity contribution in [3.8, 4) is 0 Å². The highest BCUT2D eigenvalue weighted by atomic mass is 35.5.